The van der Waals surface area contributed by atoms with E-state index in [1.54, 1.807) is 48.5 Å². The number of amides is 1. The van der Waals surface area contributed by atoms with Gasteiger partial charge in [0.05, 0.1) is 42.1 Å². The number of hydrogen-bond donors (Lipinski definition) is 2. The van der Waals surface area contributed by atoms with E-state index in [2.05, 4.69) is 15.2 Å². The standard InChI is InChI=1S/C29H24ClN3O7S/c1-38-26-16-9-20(17-27(26)39-2)29(35)40-22-12-7-19(8-13-22)18-31-32-28(34)24-5-3-4-6-25(24)33-41(36,37)23-14-10-21(30)11-15-23/h3-18,33H,1-2H3,(H,32,34)/b31-18+. The van der Waals surface area contributed by atoms with Crippen molar-refractivity contribution in [2.24, 2.45) is 5.10 Å². The molecule has 0 aliphatic carbocycles. The summed E-state index contributed by atoms with van der Waals surface area (Å²) in [6.07, 6.45) is 1.39. The first-order valence-electron chi connectivity index (χ1n) is 12.0. The fourth-order valence-electron chi connectivity index (χ4n) is 3.56. The highest BCUT2D eigenvalue weighted by atomic mass is 35.5. The van der Waals surface area contributed by atoms with Crippen molar-refractivity contribution in [1.82, 2.24) is 5.43 Å². The van der Waals surface area contributed by atoms with E-state index in [1.807, 2.05) is 0 Å². The average Bonchev–Trinajstić information content (AvgIpc) is 2.97. The molecule has 0 atom stereocenters. The van der Waals surface area contributed by atoms with Crippen LogP contribution in [-0.4, -0.2) is 40.7 Å². The van der Waals surface area contributed by atoms with Gasteiger partial charge in [-0.2, -0.15) is 5.10 Å². The van der Waals surface area contributed by atoms with Gasteiger partial charge in [-0.15, -0.1) is 0 Å². The summed E-state index contributed by atoms with van der Waals surface area (Å²) < 4.78 is 43.7. The van der Waals surface area contributed by atoms with Gasteiger partial charge < -0.3 is 14.2 Å². The van der Waals surface area contributed by atoms with Crippen LogP contribution < -0.4 is 24.4 Å². The van der Waals surface area contributed by atoms with Gasteiger partial charge in [-0.3, -0.25) is 9.52 Å². The summed E-state index contributed by atoms with van der Waals surface area (Å²) in [5.41, 5.74) is 3.42. The Hall–Kier alpha value is -4.87. The Morgan fingerprint density at radius 3 is 2.22 bits per heavy atom. The third kappa shape index (κ3) is 7.41. The van der Waals surface area contributed by atoms with Crippen molar-refractivity contribution in [1.29, 1.82) is 0 Å². The minimum absolute atomic E-state index is 0.00650. The van der Waals surface area contributed by atoms with Crippen LogP contribution in [0.5, 0.6) is 17.2 Å². The zero-order chi connectivity index (χ0) is 29.4. The Morgan fingerprint density at radius 1 is 0.854 bits per heavy atom. The minimum atomic E-state index is -3.96. The number of ether oxygens (including phenoxy) is 3. The number of benzene rings is 4. The highest BCUT2D eigenvalue weighted by molar-refractivity contribution is 7.92. The molecule has 0 fully saturated rings. The number of anilines is 1. The molecular weight excluding hydrogens is 570 g/mol. The molecule has 0 heterocycles. The van der Waals surface area contributed by atoms with Crippen molar-refractivity contribution in [2.45, 2.75) is 4.90 Å². The molecule has 41 heavy (non-hydrogen) atoms. The van der Waals surface area contributed by atoms with Gasteiger partial charge in [0, 0.05) is 5.02 Å². The molecule has 4 aromatic rings. The van der Waals surface area contributed by atoms with E-state index in [-0.39, 0.29) is 21.7 Å². The van der Waals surface area contributed by atoms with Gasteiger partial charge in [0.2, 0.25) is 0 Å². The summed E-state index contributed by atoms with van der Waals surface area (Å²) in [7, 11) is -0.992. The molecule has 0 saturated carbocycles. The highest BCUT2D eigenvalue weighted by Gasteiger charge is 2.18. The van der Waals surface area contributed by atoms with Crippen molar-refractivity contribution >= 4 is 45.4 Å². The molecule has 0 aliphatic rings. The molecule has 0 spiro atoms. The number of nitrogens with one attached hydrogen (secondary N) is 2. The predicted molar refractivity (Wildman–Crippen MR) is 155 cm³/mol. The van der Waals surface area contributed by atoms with E-state index < -0.39 is 21.9 Å². The summed E-state index contributed by atoms with van der Waals surface area (Å²) >= 11 is 5.84. The van der Waals surface area contributed by atoms with Crippen molar-refractivity contribution < 1.29 is 32.2 Å². The Morgan fingerprint density at radius 2 is 1.54 bits per heavy atom. The molecule has 0 saturated heterocycles. The zero-order valence-corrected chi connectivity index (χ0v) is 23.4. The first kappa shape index (κ1) is 29.1. The third-order valence-electron chi connectivity index (χ3n) is 5.63. The largest absolute Gasteiger partial charge is 0.493 e. The number of nitrogens with zero attached hydrogens (tertiary/aromatic N) is 1. The molecule has 12 heteroatoms. The Bertz CT molecular complexity index is 1690. The van der Waals surface area contributed by atoms with Crippen LogP contribution >= 0.6 is 11.6 Å². The first-order chi connectivity index (χ1) is 19.7. The lowest BCUT2D eigenvalue weighted by Crippen LogP contribution is -2.21. The molecule has 4 rings (SSSR count). The Kier molecular flexibility index (Phi) is 9.23. The number of carbonyl (C=O) groups is 2. The average molecular weight is 594 g/mol. The lowest BCUT2D eigenvalue weighted by molar-refractivity contribution is 0.0734. The predicted octanol–water partition coefficient (Wildman–Crippen LogP) is 5.14. The van der Waals surface area contributed by atoms with E-state index in [0.717, 1.165) is 0 Å². The number of methoxy groups -OCH3 is 2. The van der Waals surface area contributed by atoms with Crippen LogP contribution in [0.15, 0.2) is 101 Å². The molecule has 210 valence electrons. The SMILES string of the molecule is COc1ccc(C(=O)Oc2ccc(/C=N/NC(=O)c3ccccc3NS(=O)(=O)c3ccc(Cl)cc3)cc2)cc1OC. The topological polar surface area (TPSA) is 132 Å². The second kappa shape index (κ2) is 13.0. The molecule has 0 aliphatic heterocycles. The monoisotopic (exact) mass is 593 g/mol. The van der Waals surface area contributed by atoms with Gasteiger partial charge in [-0.1, -0.05) is 23.7 Å². The molecule has 4 aromatic carbocycles. The summed E-state index contributed by atoms with van der Waals surface area (Å²) in [4.78, 5) is 25.3. The maximum atomic E-state index is 12.8. The highest BCUT2D eigenvalue weighted by Crippen LogP contribution is 2.28. The molecule has 0 radical (unpaired) electrons. The van der Waals surface area contributed by atoms with Gasteiger partial charge in [-0.05, 0) is 84.4 Å². The van der Waals surface area contributed by atoms with Crippen LogP contribution in [0.25, 0.3) is 0 Å². The van der Waals surface area contributed by atoms with Crippen LogP contribution in [0.2, 0.25) is 5.02 Å². The minimum Gasteiger partial charge on any atom is -0.493 e. The Labute approximate surface area is 241 Å². The zero-order valence-electron chi connectivity index (χ0n) is 21.8. The van der Waals surface area contributed by atoms with E-state index in [9.17, 15) is 18.0 Å². The van der Waals surface area contributed by atoms with E-state index in [1.165, 1.54) is 62.9 Å². The van der Waals surface area contributed by atoms with Crippen LogP contribution in [-0.2, 0) is 10.0 Å². The van der Waals surface area contributed by atoms with E-state index in [4.69, 9.17) is 25.8 Å². The summed E-state index contributed by atoms with van der Waals surface area (Å²) in [5, 5.41) is 4.34. The number of sulfonamides is 1. The normalized spacial score (nSPS) is 11.1. The number of hydrogen-bond acceptors (Lipinski definition) is 8. The summed E-state index contributed by atoms with van der Waals surface area (Å²) in [5.74, 6) is -0.0198. The van der Waals surface area contributed by atoms with Crippen LogP contribution in [0.1, 0.15) is 26.3 Å². The van der Waals surface area contributed by atoms with Crippen molar-refractivity contribution in [3.63, 3.8) is 0 Å². The second-order valence-corrected chi connectivity index (χ2v) is 10.5. The number of hydrazone groups is 1. The lowest BCUT2D eigenvalue weighted by atomic mass is 10.2. The van der Waals surface area contributed by atoms with Gasteiger partial charge in [0.25, 0.3) is 15.9 Å². The smallest absolute Gasteiger partial charge is 0.343 e. The van der Waals surface area contributed by atoms with E-state index in [0.29, 0.717) is 27.8 Å². The number of esters is 1. The molecular formula is C29H24ClN3O7S. The van der Waals surface area contributed by atoms with Crippen LogP contribution in [0.4, 0.5) is 5.69 Å². The molecule has 0 unspecified atom stereocenters. The summed E-state index contributed by atoms with van der Waals surface area (Å²) in [6.45, 7) is 0. The number of carbonyl (C=O) groups excluding carboxylic acids is 2. The van der Waals surface area contributed by atoms with Crippen molar-refractivity contribution in [3.05, 3.63) is 113 Å². The van der Waals surface area contributed by atoms with Crippen LogP contribution in [0.3, 0.4) is 0 Å². The fraction of sp³-hybridized carbons (Fsp3) is 0.0690. The number of rotatable bonds is 10. The maximum absolute atomic E-state index is 12.8. The molecule has 1 amide bonds. The molecule has 2 N–H and O–H groups in total. The van der Waals surface area contributed by atoms with E-state index >= 15 is 0 Å². The number of para-hydroxylation sites is 1. The molecule has 0 bridgehead atoms. The third-order valence-corrected chi connectivity index (χ3v) is 7.26. The van der Waals surface area contributed by atoms with Crippen molar-refractivity contribution in [2.75, 3.05) is 18.9 Å². The Balaban J connectivity index is 1.38. The fourth-order valence-corrected chi connectivity index (χ4v) is 4.77. The van der Waals surface area contributed by atoms with Crippen LogP contribution in [0, 0.1) is 0 Å². The quantitative estimate of drug-likeness (QED) is 0.113. The van der Waals surface area contributed by atoms with Gasteiger partial charge in [0.15, 0.2) is 11.5 Å². The molecule has 10 nitrogen and oxygen atoms in total. The van der Waals surface area contributed by atoms with Gasteiger partial charge in [0.1, 0.15) is 5.75 Å². The first-order valence-corrected chi connectivity index (χ1v) is 13.8. The number of halogens is 1. The van der Waals surface area contributed by atoms with Gasteiger partial charge >= 0.3 is 5.97 Å². The molecule has 0 aromatic heterocycles. The maximum Gasteiger partial charge on any atom is 0.343 e. The summed E-state index contributed by atoms with van der Waals surface area (Å²) in [6, 6.07) is 22.9. The van der Waals surface area contributed by atoms with Gasteiger partial charge in [-0.25, -0.2) is 18.6 Å². The second-order valence-electron chi connectivity index (χ2n) is 8.33. The van der Waals surface area contributed by atoms with Crippen molar-refractivity contribution in [3.8, 4) is 17.2 Å². The lowest BCUT2D eigenvalue weighted by Gasteiger charge is -2.11.